The molecule has 0 unspecified atom stereocenters. The molecular weight excluding hydrogens is 324 g/mol. The summed E-state index contributed by atoms with van der Waals surface area (Å²) in [5.74, 6) is 4.42. The standard InChI is InChI=1S/C22H44O2Si/c1-15(2)19-11-9-17(5)13-21(19)23-25(7,8)24-22-14-18(6)10-12-20(22)16(3)4/h15-22H,9-14H2,1-8H3/t17-,18-,19+,20+,21-,22-/m1/s1. The lowest BCUT2D eigenvalue weighted by Crippen LogP contribution is -2.49. The molecule has 0 amide bonds. The van der Waals surface area contributed by atoms with Gasteiger partial charge in [-0.05, 0) is 74.3 Å². The minimum Gasteiger partial charge on any atom is -0.391 e. The van der Waals surface area contributed by atoms with E-state index in [0.29, 0.717) is 35.9 Å². The van der Waals surface area contributed by atoms with Gasteiger partial charge in [-0.1, -0.05) is 54.4 Å². The van der Waals surface area contributed by atoms with Gasteiger partial charge in [-0.25, -0.2) is 0 Å². The van der Waals surface area contributed by atoms with Crippen molar-refractivity contribution >= 4 is 8.56 Å². The van der Waals surface area contributed by atoms with Crippen LogP contribution in [0, 0.1) is 35.5 Å². The minimum atomic E-state index is -2.11. The molecule has 148 valence electrons. The molecule has 0 heterocycles. The van der Waals surface area contributed by atoms with E-state index in [1.807, 2.05) is 0 Å². The quantitative estimate of drug-likeness (QED) is 0.489. The second-order valence-corrected chi connectivity index (χ2v) is 13.6. The number of hydrogen-bond donors (Lipinski definition) is 0. The molecule has 0 bridgehead atoms. The molecule has 3 heteroatoms. The summed E-state index contributed by atoms with van der Waals surface area (Å²) in [4.78, 5) is 0. The largest absolute Gasteiger partial charge is 0.391 e. The maximum atomic E-state index is 6.81. The van der Waals surface area contributed by atoms with Crippen LogP contribution < -0.4 is 0 Å². The average molecular weight is 369 g/mol. The Morgan fingerprint density at radius 2 is 1.04 bits per heavy atom. The maximum absolute atomic E-state index is 6.81. The molecule has 25 heavy (non-hydrogen) atoms. The molecule has 0 aliphatic heterocycles. The predicted molar refractivity (Wildman–Crippen MR) is 110 cm³/mol. The molecule has 0 aromatic carbocycles. The number of hydrogen-bond acceptors (Lipinski definition) is 2. The first kappa shape index (κ1) is 21.4. The fraction of sp³-hybridized carbons (Fsp3) is 1.00. The summed E-state index contributed by atoms with van der Waals surface area (Å²) in [7, 11) is -2.11. The van der Waals surface area contributed by atoms with Crippen molar-refractivity contribution in [2.45, 2.75) is 105 Å². The van der Waals surface area contributed by atoms with E-state index in [1.54, 1.807) is 0 Å². The Balaban J connectivity index is 2.03. The normalized spacial score (nSPS) is 37.7. The molecule has 2 saturated carbocycles. The molecule has 0 N–H and O–H groups in total. The second kappa shape index (κ2) is 8.88. The predicted octanol–water partition coefficient (Wildman–Crippen LogP) is 6.64. The first-order valence-corrected chi connectivity index (χ1v) is 13.8. The molecule has 2 aliphatic rings. The molecule has 0 saturated heterocycles. The molecule has 0 radical (unpaired) electrons. The van der Waals surface area contributed by atoms with Gasteiger partial charge in [-0.15, -0.1) is 0 Å². The van der Waals surface area contributed by atoms with Crippen molar-refractivity contribution in [1.82, 2.24) is 0 Å². The van der Waals surface area contributed by atoms with E-state index in [0.717, 1.165) is 11.8 Å². The molecule has 2 rings (SSSR count). The summed E-state index contributed by atoms with van der Waals surface area (Å²) < 4.78 is 13.6. The van der Waals surface area contributed by atoms with Gasteiger partial charge in [0.1, 0.15) is 0 Å². The van der Waals surface area contributed by atoms with Gasteiger partial charge >= 0.3 is 8.56 Å². The van der Waals surface area contributed by atoms with Crippen molar-refractivity contribution in [3.8, 4) is 0 Å². The SMILES string of the molecule is CC(C)[C@@H]1CC[C@@H](C)C[C@H]1O[Si](C)(C)O[C@@H]1C[C@H](C)CC[C@H]1C(C)C. The fourth-order valence-corrected chi connectivity index (χ4v) is 7.31. The van der Waals surface area contributed by atoms with Crippen molar-refractivity contribution in [1.29, 1.82) is 0 Å². The molecular formula is C22H44O2Si. The topological polar surface area (TPSA) is 18.5 Å². The Bertz CT molecular complexity index is 371. The summed E-state index contributed by atoms with van der Waals surface area (Å²) in [6, 6.07) is 0. The Morgan fingerprint density at radius 3 is 1.36 bits per heavy atom. The van der Waals surface area contributed by atoms with Crippen LogP contribution in [-0.4, -0.2) is 20.8 Å². The van der Waals surface area contributed by atoms with E-state index >= 15 is 0 Å². The molecule has 2 aliphatic carbocycles. The first-order chi connectivity index (χ1) is 11.6. The average Bonchev–Trinajstić information content (AvgIpc) is 2.45. The Kier molecular flexibility index (Phi) is 7.62. The fourth-order valence-electron chi connectivity index (χ4n) is 5.26. The lowest BCUT2D eigenvalue weighted by atomic mass is 9.75. The lowest BCUT2D eigenvalue weighted by Gasteiger charge is -2.44. The third-order valence-electron chi connectivity index (χ3n) is 6.79. The van der Waals surface area contributed by atoms with Crippen LogP contribution in [0.25, 0.3) is 0 Å². The smallest absolute Gasteiger partial charge is 0.332 e. The Labute approximate surface area is 158 Å². The molecule has 0 aromatic heterocycles. The highest BCUT2D eigenvalue weighted by Gasteiger charge is 2.41. The highest BCUT2D eigenvalue weighted by Crippen LogP contribution is 2.39. The van der Waals surface area contributed by atoms with Crippen LogP contribution in [0.4, 0.5) is 0 Å². The van der Waals surface area contributed by atoms with Crippen LogP contribution in [0.3, 0.4) is 0 Å². The van der Waals surface area contributed by atoms with E-state index in [4.69, 9.17) is 8.85 Å². The molecule has 2 fully saturated rings. The van der Waals surface area contributed by atoms with E-state index in [1.165, 1.54) is 38.5 Å². The van der Waals surface area contributed by atoms with Crippen molar-refractivity contribution in [3.63, 3.8) is 0 Å². The Hall–Kier alpha value is 0.137. The van der Waals surface area contributed by atoms with Gasteiger partial charge in [0.05, 0.1) is 12.2 Å². The minimum absolute atomic E-state index is 0.406. The molecule has 2 nitrogen and oxygen atoms in total. The summed E-state index contributed by atoms with van der Waals surface area (Å²) >= 11 is 0. The van der Waals surface area contributed by atoms with Gasteiger partial charge in [0, 0.05) is 0 Å². The van der Waals surface area contributed by atoms with E-state index < -0.39 is 8.56 Å². The highest BCUT2D eigenvalue weighted by molar-refractivity contribution is 6.64. The highest BCUT2D eigenvalue weighted by atomic mass is 28.4. The summed E-state index contributed by atoms with van der Waals surface area (Å²) in [6.07, 6.45) is 8.62. The number of rotatable bonds is 6. The van der Waals surface area contributed by atoms with E-state index in [-0.39, 0.29) is 0 Å². The van der Waals surface area contributed by atoms with Crippen LogP contribution in [-0.2, 0) is 8.85 Å². The van der Waals surface area contributed by atoms with Crippen molar-refractivity contribution < 1.29 is 8.85 Å². The van der Waals surface area contributed by atoms with Gasteiger partial charge in [0.25, 0.3) is 0 Å². The van der Waals surface area contributed by atoms with E-state index in [2.05, 4.69) is 54.6 Å². The van der Waals surface area contributed by atoms with Crippen LogP contribution >= 0.6 is 0 Å². The first-order valence-electron chi connectivity index (χ1n) is 10.9. The third kappa shape index (κ3) is 6.07. The third-order valence-corrected chi connectivity index (χ3v) is 8.53. The zero-order valence-electron chi connectivity index (χ0n) is 18.2. The van der Waals surface area contributed by atoms with Crippen molar-refractivity contribution in [2.75, 3.05) is 0 Å². The Morgan fingerprint density at radius 1 is 0.680 bits per heavy atom. The summed E-state index contributed by atoms with van der Waals surface area (Å²) in [5.41, 5.74) is 0. The lowest BCUT2D eigenvalue weighted by molar-refractivity contribution is -0.0233. The monoisotopic (exact) mass is 368 g/mol. The van der Waals surface area contributed by atoms with Crippen LogP contribution in [0.2, 0.25) is 13.1 Å². The zero-order chi connectivity index (χ0) is 18.8. The molecule has 6 atom stereocenters. The second-order valence-electron chi connectivity index (χ2n) is 10.4. The zero-order valence-corrected chi connectivity index (χ0v) is 19.2. The van der Waals surface area contributed by atoms with Crippen molar-refractivity contribution in [3.05, 3.63) is 0 Å². The van der Waals surface area contributed by atoms with Gasteiger partial charge in [-0.3, -0.25) is 0 Å². The van der Waals surface area contributed by atoms with E-state index in [9.17, 15) is 0 Å². The maximum Gasteiger partial charge on any atom is 0.332 e. The van der Waals surface area contributed by atoms with Crippen LogP contribution in [0.5, 0.6) is 0 Å². The van der Waals surface area contributed by atoms with Crippen molar-refractivity contribution in [2.24, 2.45) is 35.5 Å². The van der Waals surface area contributed by atoms with Gasteiger partial charge in [-0.2, -0.15) is 0 Å². The van der Waals surface area contributed by atoms with Gasteiger partial charge in [0.15, 0.2) is 0 Å². The summed E-state index contributed by atoms with van der Waals surface area (Å²) in [6.45, 7) is 18.8. The molecule has 0 aromatic rings. The summed E-state index contributed by atoms with van der Waals surface area (Å²) in [5, 5.41) is 0. The van der Waals surface area contributed by atoms with Crippen LogP contribution in [0.1, 0.15) is 80.1 Å². The van der Waals surface area contributed by atoms with Crippen LogP contribution in [0.15, 0.2) is 0 Å². The van der Waals surface area contributed by atoms with Gasteiger partial charge in [0.2, 0.25) is 0 Å². The molecule has 0 spiro atoms. The van der Waals surface area contributed by atoms with Gasteiger partial charge < -0.3 is 8.85 Å².